The van der Waals surface area contributed by atoms with Gasteiger partial charge >= 0.3 is 5.95 Å². The topological polar surface area (TPSA) is 102 Å². The third-order valence-corrected chi connectivity index (χ3v) is 4.05. The molecule has 0 aliphatic heterocycles. The van der Waals surface area contributed by atoms with E-state index >= 15 is 0 Å². The lowest BCUT2D eigenvalue weighted by molar-refractivity contribution is -0.384. The van der Waals surface area contributed by atoms with Crippen LogP contribution in [0.2, 0.25) is 0 Å². The van der Waals surface area contributed by atoms with Gasteiger partial charge in [-0.2, -0.15) is 0 Å². The third-order valence-electron chi connectivity index (χ3n) is 4.05. The first-order valence-corrected chi connectivity index (χ1v) is 8.64. The highest BCUT2D eigenvalue weighted by molar-refractivity contribution is 5.82. The zero-order valence-electron chi connectivity index (χ0n) is 14.8. The van der Waals surface area contributed by atoms with Gasteiger partial charge in [0.2, 0.25) is 5.89 Å². The Bertz CT molecular complexity index is 944. The first kappa shape index (κ1) is 18.3. The van der Waals surface area contributed by atoms with Crippen molar-refractivity contribution in [1.29, 1.82) is 0 Å². The lowest BCUT2D eigenvalue weighted by Gasteiger charge is -1.99. The Hall–Kier alpha value is -3.48. The summed E-state index contributed by atoms with van der Waals surface area (Å²) in [6.07, 6.45) is 4.78. The highest BCUT2D eigenvalue weighted by Crippen LogP contribution is 2.27. The molecule has 0 saturated carbocycles. The number of nitrogens with zero attached hydrogens (tertiary/aromatic N) is 3. The van der Waals surface area contributed by atoms with Gasteiger partial charge in [-0.15, -0.1) is 0 Å². The number of hydrogen-bond acceptors (Lipinski definition) is 6. The summed E-state index contributed by atoms with van der Waals surface area (Å²) in [7, 11) is 0. The van der Waals surface area contributed by atoms with Gasteiger partial charge in [0.15, 0.2) is 5.69 Å². The maximum absolute atomic E-state index is 10.7. The van der Waals surface area contributed by atoms with E-state index in [0.29, 0.717) is 5.56 Å². The van der Waals surface area contributed by atoms with Crippen LogP contribution in [0.15, 0.2) is 57.9 Å². The molecule has 0 radical (unpaired) electrons. The number of non-ortho nitro benzene ring substituents is 1. The molecule has 138 valence electrons. The number of rotatable bonds is 7. The van der Waals surface area contributed by atoms with Crippen molar-refractivity contribution in [3.63, 3.8) is 0 Å². The van der Waals surface area contributed by atoms with Crippen molar-refractivity contribution in [2.45, 2.75) is 26.2 Å². The molecule has 3 aromatic rings. The molecule has 0 aliphatic carbocycles. The molecule has 1 heterocycles. The van der Waals surface area contributed by atoms with E-state index in [2.05, 4.69) is 16.9 Å². The van der Waals surface area contributed by atoms with E-state index in [1.165, 1.54) is 36.0 Å². The summed E-state index contributed by atoms with van der Waals surface area (Å²) in [6.45, 7) is 2.16. The number of benzene rings is 2. The van der Waals surface area contributed by atoms with E-state index in [4.69, 9.17) is 4.42 Å². The summed E-state index contributed by atoms with van der Waals surface area (Å²) >= 11 is 0. The van der Waals surface area contributed by atoms with Crippen LogP contribution >= 0.6 is 0 Å². The van der Waals surface area contributed by atoms with Crippen LogP contribution in [0.1, 0.15) is 31.0 Å². The van der Waals surface area contributed by atoms with E-state index < -0.39 is 4.92 Å². The van der Waals surface area contributed by atoms with E-state index in [1.807, 2.05) is 24.3 Å². The monoisotopic (exact) mass is 365 g/mol. The van der Waals surface area contributed by atoms with E-state index in [-0.39, 0.29) is 23.2 Å². The van der Waals surface area contributed by atoms with Gasteiger partial charge in [0, 0.05) is 17.7 Å². The standard InChI is InChI=1S/C20H19N3O4/c1-2-3-4-14-5-9-16(10-6-14)21-13-18-20(24)27-19(22-18)15-7-11-17(12-8-15)23(25)26/h5-13,24H,2-4H2,1H3. The molecule has 7 nitrogen and oxygen atoms in total. The molecule has 27 heavy (non-hydrogen) atoms. The molecule has 3 rings (SSSR count). The Balaban J connectivity index is 1.74. The van der Waals surface area contributed by atoms with Gasteiger partial charge in [-0.1, -0.05) is 25.5 Å². The summed E-state index contributed by atoms with van der Waals surface area (Å²) in [5.74, 6) is -0.189. The normalized spacial score (nSPS) is 11.1. The van der Waals surface area contributed by atoms with Crippen molar-refractivity contribution in [1.82, 2.24) is 4.98 Å². The smallest absolute Gasteiger partial charge is 0.312 e. The Morgan fingerprint density at radius 2 is 1.89 bits per heavy atom. The predicted molar refractivity (Wildman–Crippen MR) is 103 cm³/mol. The number of hydrogen-bond donors (Lipinski definition) is 1. The average molecular weight is 365 g/mol. The second-order valence-electron chi connectivity index (χ2n) is 6.04. The largest absolute Gasteiger partial charge is 0.479 e. The molecule has 0 bridgehead atoms. The van der Waals surface area contributed by atoms with Crippen LogP contribution in [0.5, 0.6) is 5.95 Å². The molecule has 0 spiro atoms. The summed E-state index contributed by atoms with van der Waals surface area (Å²) in [5, 5.41) is 20.6. The molecule has 0 aliphatic rings. The van der Waals surface area contributed by atoms with Crippen molar-refractivity contribution >= 4 is 17.6 Å². The highest BCUT2D eigenvalue weighted by atomic mass is 16.6. The minimum Gasteiger partial charge on any atom is -0.479 e. The molecule has 0 atom stereocenters. The Morgan fingerprint density at radius 1 is 1.19 bits per heavy atom. The van der Waals surface area contributed by atoms with Crippen molar-refractivity contribution in [3.05, 3.63) is 69.9 Å². The number of aromatic nitrogens is 1. The van der Waals surface area contributed by atoms with E-state index in [1.54, 1.807) is 0 Å². The zero-order chi connectivity index (χ0) is 19.2. The minimum absolute atomic E-state index is 0.0290. The molecule has 1 aromatic heterocycles. The molecule has 0 amide bonds. The lowest BCUT2D eigenvalue weighted by Crippen LogP contribution is -1.87. The summed E-state index contributed by atoms with van der Waals surface area (Å²) in [6, 6.07) is 13.6. The number of aryl methyl sites for hydroxylation is 1. The third kappa shape index (κ3) is 4.58. The number of nitro benzene ring substituents is 1. The molecule has 0 unspecified atom stereocenters. The fraction of sp³-hybridized carbons (Fsp3) is 0.200. The average Bonchev–Trinajstić information content (AvgIpc) is 3.06. The molecule has 2 aromatic carbocycles. The van der Waals surface area contributed by atoms with Crippen LogP contribution in [0.3, 0.4) is 0 Å². The fourth-order valence-corrected chi connectivity index (χ4v) is 2.52. The van der Waals surface area contributed by atoms with Crippen LogP contribution < -0.4 is 0 Å². The Morgan fingerprint density at radius 3 is 2.52 bits per heavy atom. The van der Waals surface area contributed by atoms with Gasteiger partial charge in [-0.25, -0.2) is 4.98 Å². The summed E-state index contributed by atoms with van der Waals surface area (Å²) in [5.41, 5.74) is 2.70. The van der Waals surface area contributed by atoms with Crippen LogP contribution in [0, 0.1) is 10.1 Å². The van der Waals surface area contributed by atoms with Gasteiger partial charge in [0.1, 0.15) is 0 Å². The number of unbranched alkanes of at least 4 members (excludes halogenated alkanes) is 1. The maximum atomic E-state index is 10.7. The Labute approximate surface area is 156 Å². The van der Waals surface area contributed by atoms with Gasteiger partial charge in [-0.3, -0.25) is 15.1 Å². The van der Waals surface area contributed by atoms with Crippen LogP contribution in [-0.4, -0.2) is 21.2 Å². The van der Waals surface area contributed by atoms with Crippen molar-refractivity contribution < 1.29 is 14.4 Å². The van der Waals surface area contributed by atoms with Gasteiger partial charge < -0.3 is 9.52 Å². The molecule has 7 heteroatoms. The minimum atomic E-state index is -0.484. The quantitative estimate of drug-likeness (QED) is 0.359. The van der Waals surface area contributed by atoms with Crippen molar-refractivity contribution in [3.8, 4) is 17.4 Å². The molecule has 0 saturated heterocycles. The number of oxazole rings is 1. The van der Waals surface area contributed by atoms with Crippen molar-refractivity contribution in [2.24, 2.45) is 4.99 Å². The van der Waals surface area contributed by atoms with Gasteiger partial charge in [0.05, 0.1) is 16.8 Å². The maximum Gasteiger partial charge on any atom is 0.312 e. The fourth-order valence-electron chi connectivity index (χ4n) is 2.52. The SMILES string of the molecule is CCCCc1ccc(N=Cc2nc(-c3ccc([N+](=O)[O-])cc3)oc2O)cc1. The first-order valence-electron chi connectivity index (χ1n) is 8.64. The molecule has 0 fully saturated rings. The van der Waals surface area contributed by atoms with E-state index in [0.717, 1.165) is 24.9 Å². The predicted octanol–water partition coefficient (Wildman–Crippen LogP) is 5.05. The molecule has 1 N–H and O–H groups in total. The Kier molecular flexibility index (Phi) is 5.61. The second-order valence-corrected chi connectivity index (χ2v) is 6.04. The molecular weight excluding hydrogens is 346 g/mol. The number of aliphatic imine (C=N–C) groups is 1. The lowest BCUT2D eigenvalue weighted by atomic mass is 10.1. The zero-order valence-corrected chi connectivity index (χ0v) is 14.8. The number of nitro groups is 1. The highest BCUT2D eigenvalue weighted by Gasteiger charge is 2.13. The van der Waals surface area contributed by atoms with Gasteiger partial charge in [0.25, 0.3) is 5.69 Å². The van der Waals surface area contributed by atoms with Crippen LogP contribution in [-0.2, 0) is 6.42 Å². The van der Waals surface area contributed by atoms with Crippen LogP contribution in [0.4, 0.5) is 11.4 Å². The summed E-state index contributed by atoms with van der Waals surface area (Å²) < 4.78 is 5.24. The molecular formula is C20H19N3O4. The number of aromatic hydroxyl groups is 1. The van der Waals surface area contributed by atoms with Crippen LogP contribution in [0.25, 0.3) is 11.5 Å². The van der Waals surface area contributed by atoms with Crippen molar-refractivity contribution in [2.75, 3.05) is 0 Å². The van der Waals surface area contributed by atoms with Gasteiger partial charge in [-0.05, 0) is 42.7 Å². The summed E-state index contributed by atoms with van der Waals surface area (Å²) in [4.78, 5) is 18.7. The first-order chi connectivity index (χ1) is 13.1. The van der Waals surface area contributed by atoms with E-state index in [9.17, 15) is 15.2 Å². The second kappa shape index (κ2) is 8.27.